The Morgan fingerprint density at radius 1 is 0.840 bits per heavy atom. The van der Waals surface area contributed by atoms with Gasteiger partial charge in [-0.3, -0.25) is 0 Å². The van der Waals surface area contributed by atoms with E-state index < -0.39 is 0 Å². The van der Waals surface area contributed by atoms with Gasteiger partial charge in [-0.05, 0) is 30.3 Å². The SMILES string of the molecule is c1ccc2c(c1)Oc1c(Nc3ncc4ccccc4n3)cccc1S2. The molecule has 0 aliphatic carbocycles. The minimum Gasteiger partial charge on any atom is -0.453 e. The van der Waals surface area contributed by atoms with Gasteiger partial charge in [0.25, 0.3) is 0 Å². The lowest BCUT2D eigenvalue weighted by atomic mass is 10.2. The van der Waals surface area contributed by atoms with Crippen LogP contribution in [0.15, 0.2) is 82.7 Å². The lowest BCUT2D eigenvalue weighted by molar-refractivity contribution is 0.457. The van der Waals surface area contributed by atoms with Crippen molar-refractivity contribution in [2.45, 2.75) is 9.79 Å². The lowest BCUT2D eigenvalue weighted by Gasteiger charge is -2.22. The van der Waals surface area contributed by atoms with Crippen molar-refractivity contribution in [2.24, 2.45) is 0 Å². The zero-order valence-electron chi connectivity index (χ0n) is 13.1. The average molecular weight is 343 g/mol. The molecule has 25 heavy (non-hydrogen) atoms. The summed E-state index contributed by atoms with van der Waals surface area (Å²) in [6.45, 7) is 0. The van der Waals surface area contributed by atoms with Crippen LogP contribution in [0.1, 0.15) is 0 Å². The van der Waals surface area contributed by atoms with Crippen LogP contribution in [0, 0.1) is 0 Å². The van der Waals surface area contributed by atoms with Gasteiger partial charge >= 0.3 is 0 Å². The fourth-order valence-electron chi connectivity index (χ4n) is 2.80. The van der Waals surface area contributed by atoms with E-state index >= 15 is 0 Å². The smallest absolute Gasteiger partial charge is 0.227 e. The van der Waals surface area contributed by atoms with Crippen molar-refractivity contribution >= 4 is 34.3 Å². The van der Waals surface area contributed by atoms with Gasteiger partial charge in [-0.1, -0.05) is 48.2 Å². The molecular formula is C20H13N3OS. The molecule has 0 bridgehead atoms. The number of benzene rings is 3. The maximum atomic E-state index is 6.13. The van der Waals surface area contributed by atoms with Gasteiger partial charge in [-0.2, -0.15) is 0 Å². The highest BCUT2D eigenvalue weighted by atomic mass is 32.2. The van der Waals surface area contributed by atoms with Crippen LogP contribution in [0.25, 0.3) is 10.9 Å². The molecule has 3 aromatic carbocycles. The molecule has 0 spiro atoms. The van der Waals surface area contributed by atoms with Gasteiger partial charge in [-0.25, -0.2) is 9.97 Å². The Morgan fingerprint density at radius 3 is 2.68 bits per heavy atom. The number of anilines is 2. The molecule has 0 saturated carbocycles. The van der Waals surface area contributed by atoms with Crippen molar-refractivity contribution < 1.29 is 4.74 Å². The molecule has 5 heteroatoms. The highest BCUT2D eigenvalue weighted by Crippen LogP contribution is 2.50. The topological polar surface area (TPSA) is 47.0 Å². The van der Waals surface area contributed by atoms with Gasteiger partial charge in [-0.15, -0.1) is 0 Å². The summed E-state index contributed by atoms with van der Waals surface area (Å²) in [6.07, 6.45) is 1.82. The van der Waals surface area contributed by atoms with E-state index in [1.165, 1.54) is 0 Å². The number of ether oxygens (including phenoxy) is 1. The van der Waals surface area contributed by atoms with Crippen molar-refractivity contribution in [3.63, 3.8) is 0 Å². The second kappa shape index (κ2) is 5.79. The Hall–Kier alpha value is -3.05. The van der Waals surface area contributed by atoms with Crippen LogP contribution < -0.4 is 10.1 Å². The molecule has 4 nitrogen and oxygen atoms in total. The fraction of sp³-hybridized carbons (Fsp3) is 0. The van der Waals surface area contributed by atoms with E-state index in [1.807, 2.05) is 60.8 Å². The molecule has 120 valence electrons. The van der Waals surface area contributed by atoms with E-state index in [9.17, 15) is 0 Å². The molecule has 0 radical (unpaired) electrons. The maximum absolute atomic E-state index is 6.13. The Morgan fingerprint density at radius 2 is 1.68 bits per heavy atom. The van der Waals surface area contributed by atoms with E-state index in [4.69, 9.17) is 4.74 Å². The summed E-state index contributed by atoms with van der Waals surface area (Å²) >= 11 is 1.70. The fourth-order valence-corrected chi connectivity index (χ4v) is 3.78. The maximum Gasteiger partial charge on any atom is 0.227 e. The average Bonchev–Trinajstić information content (AvgIpc) is 2.67. The number of para-hydroxylation sites is 3. The third-order valence-electron chi connectivity index (χ3n) is 4.00. The third kappa shape index (κ3) is 2.58. The van der Waals surface area contributed by atoms with Gasteiger partial charge in [0.05, 0.1) is 21.0 Å². The number of rotatable bonds is 2. The van der Waals surface area contributed by atoms with E-state index in [0.29, 0.717) is 5.95 Å². The normalized spacial score (nSPS) is 12.2. The van der Waals surface area contributed by atoms with Gasteiger partial charge in [0.2, 0.25) is 5.95 Å². The second-order valence-corrected chi connectivity index (χ2v) is 6.74. The molecule has 1 aromatic heterocycles. The summed E-state index contributed by atoms with van der Waals surface area (Å²) in [6, 6.07) is 22.0. The summed E-state index contributed by atoms with van der Waals surface area (Å²) in [5, 5.41) is 4.31. The van der Waals surface area contributed by atoms with Gasteiger partial charge in [0.15, 0.2) is 5.75 Å². The summed E-state index contributed by atoms with van der Waals surface area (Å²) in [4.78, 5) is 11.2. The second-order valence-electron chi connectivity index (χ2n) is 5.66. The standard InChI is InChI=1S/C20H13N3OS/c1-2-7-14-13(6-1)12-21-20(22-14)23-15-8-5-11-18-19(15)24-16-9-3-4-10-17(16)25-18/h1-12H,(H,21,22,23). The minimum atomic E-state index is 0.555. The number of hydrogen-bond acceptors (Lipinski definition) is 5. The summed E-state index contributed by atoms with van der Waals surface area (Å²) in [7, 11) is 0. The Kier molecular flexibility index (Phi) is 3.31. The Labute approximate surface area is 148 Å². The highest BCUT2D eigenvalue weighted by molar-refractivity contribution is 7.99. The van der Waals surface area contributed by atoms with Crippen LogP contribution in [-0.4, -0.2) is 9.97 Å². The molecule has 1 aliphatic heterocycles. The van der Waals surface area contributed by atoms with E-state index in [2.05, 4.69) is 27.4 Å². The van der Waals surface area contributed by atoms with Crippen LogP contribution in [0.4, 0.5) is 11.6 Å². The molecule has 0 saturated heterocycles. The largest absolute Gasteiger partial charge is 0.453 e. The van der Waals surface area contributed by atoms with Crippen LogP contribution in [-0.2, 0) is 0 Å². The number of aromatic nitrogens is 2. The van der Waals surface area contributed by atoms with Gasteiger partial charge in [0, 0.05) is 11.6 Å². The van der Waals surface area contributed by atoms with E-state index in [1.54, 1.807) is 11.8 Å². The molecule has 4 aromatic rings. The minimum absolute atomic E-state index is 0.555. The monoisotopic (exact) mass is 343 g/mol. The highest BCUT2D eigenvalue weighted by Gasteiger charge is 2.20. The first-order valence-corrected chi connectivity index (χ1v) is 8.75. The predicted molar refractivity (Wildman–Crippen MR) is 99.9 cm³/mol. The third-order valence-corrected chi connectivity index (χ3v) is 5.09. The molecule has 0 amide bonds. The van der Waals surface area contributed by atoms with Crippen molar-refractivity contribution in [3.8, 4) is 11.5 Å². The van der Waals surface area contributed by atoms with Crippen molar-refractivity contribution in [1.29, 1.82) is 0 Å². The van der Waals surface area contributed by atoms with Crippen LogP contribution in [0.5, 0.6) is 11.5 Å². The first-order valence-electron chi connectivity index (χ1n) is 7.93. The molecule has 2 heterocycles. The van der Waals surface area contributed by atoms with Crippen LogP contribution in [0.2, 0.25) is 0 Å². The summed E-state index contributed by atoms with van der Waals surface area (Å²) < 4.78 is 6.13. The van der Waals surface area contributed by atoms with Crippen molar-refractivity contribution in [2.75, 3.05) is 5.32 Å². The molecule has 0 fully saturated rings. The van der Waals surface area contributed by atoms with Gasteiger partial charge < -0.3 is 10.1 Å². The molecular weight excluding hydrogens is 330 g/mol. The first-order chi connectivity index (χ1) is 12.4. The Bertz CT molecular complexity index is 1100. The zero-order valence-corrected chi connectivity index (χ0v) is 14.0. The first kappa shape index (κ1) is 14.3. The molecule has 0 atom stereocenters. The number of hydrogen-bond donors (Lipinski definition) is 1. The quantitative estimate of drug-likeness (QED) is 0.450. The summed E-state index contributed by atoms with van der Waals surface area (Å²) in [5.41, 5.74) is 1.76. The van der Waals surface area contributed by atoms with Gasteiger partial charge in [0.1, 0.15) is 5.75 Å². The number of nitrogens with one attached hydrogen (secondary N) is 1. The zero-order chi connectivity index (χ0) is 16.6. The molecule has 1 aliphatic rings. The van der Waals surface area contributed by atoms with Crippen molar-refractivity contribution in [3.05, 3.63) is 72.9 Å². The Balaban J connectivity index is 1.53. The number of nitrogens with zero attached hydrogens (tertiary/aromatic N) is 2. The predicted octanol–water partition coefficient (Wildman–Crippen LogP) is 5.63. The van der Waals surface area contributed by atoms with Crippen LogP contribution in [0.3, 0.4) is 0 Å². The lowest BCUT2D eigenvalue weighted by Crippen LogP contribution is -2.02. The van der Waals surface area contributed by atoms with E-state index in [-0.39, 0.29) is 0 Å². The molecule has 1 N–H and O–H groups in total. The van der Waals surface area contributed by atoms with E-state index in [0.717, 1.165) is 37.9 Å². The van der Waals surface area contributed by atoms with Crippen LogP contribution >= 0.6 is 11.8 Å². The molecule has 0 unspecified atom stereocenters. The summed E-state index contributed by atoms with van der Waals surface area (Å²) in [5.74, 6) is 2.23. The van der Waals surface area contributed by atoms with Crippen molar-refractivity contribution in [1.82, 2.24) is 9.97 Å². The number of fused-ring (bicyclic) bond motifs is 3. The molecule has 5 rings (SSSR count).